The lowest BCUT2D eigenvalue weighted by Crippen LogP contribution is -2.43. The Morgan fingerprint density at radius 2 is 1.62 bits per heavy atom. The molecule has 2 N–H and O–H groups in total. The van der Waals surface area contributed by atoms with Gasteiger partial charge in [0, 0.05) is 12.1 Å². The highest BCUT2D eigenvalue weighted by Gasteiger charge is 2.50. The Bertz CT molecular complexity index is 1650. The van der Waals surface area contributed by atoms with Crippen LogP contribution >= 0.6 is 0 Å². The number of hydrogen-bond donors (Lipinski definition) is 1. The van der Waals surface area contributed by atoms with Crippen molar-refractivity contribution in [1.82, 2.24) is 24.6 Å². The molecule has 4 aromatic rings. The lowest BCUT2D eigenvalue weighted by molar-refractivity contribution is -0.148. The minimum atomic E-state index is -4.64. The van der Waals surface area contributed by atoms with Gasteiger partial charge in [-0.05, 0) is 35.7 Å². The molecule has 0 radical (unpaired) electrons. The van der Waals surface area contributed by atoms with Crippen molar-refractivity contribution in [3.8, 4) is 0 Å². The molecular weight excluding hydrogens is 547 g/mol. The first-order chi connectivity index (χ1) is 20.1. The van der Waals surface area contributed by atoms with Gasteiger partial charge in [-0.3, -0.25) is 14.5 Å². The number of guanidine groups is 1. The predicted octanol–water partition coefficient (Wildman–Crippen LogP) is 4.11. The number of aromatic nitrogens is 3. The number of alkyl halides is 3. The molecule has 0 bridgehead atoms. The van der Waals surface area contributed by atoms with Crippen molar-refractivity contribution in [2.75, 3.05) is 6.54 Å². The van der Waals surface area contributed by atoms with E-state index in [4.69, 9.17) is 10.7 Å². The van der Waals surface area contributed by atoms with Crippen LogP contribution in [0.3, 0.4) is 0 Å². The molecule has 2 aliphatic heterocycles. The van der Waals surface area contributed by atoms with Gasteiger partial charge in [0.25, 0.3) is 11.8 Å². The average molecular weight is 574 g/mol. The van der Waals surface area contributed by atoms with Crippen molar-refractivity contribution in [2.45, 2.75) is 37.8 Å². The zero-order valence-corrected chi connectivity index (χ0v) is 22.5. The second-order valence-electron chi connectivity index (χ2n) is 10.3. The second kappa shape index (κ2) is 10.1. The number of amides is 2. The van der Waals surface area contributed by atoms with E-state index < -0.39 is 23.6 Å². The summed E-state index contributed by atoms with van der Waals surface area (Å²) < 4.78 is 41.1. The molecular formula is C30H26F3N7O2. The summed E-state index contributed by atoms with van der Waals surface area (Å²) in [6.07, 6.45) is -4.64. The van der Waals surface area contributed by atoms with E-state index in [1.54, 1.807) is 31.2 Å². The minimum absolute atomic E-state index is 0.0501. The zero-order chi connectivity index (χ0) is 29.6. The second-order valence-corrected chi connectivity index (χ2v) is 10.3. The Morgan fingerprint density at radius 3 is 2.24 bits per heavy atom. The average Bonchev–Trinajstić information content (AvgIpc) is 3.54. The van der Waals surface area contributed by atoms with Gasteiger partial charge in [-0.2, -0.15) is 13.2 Å². The topological polar surface area (TPSA) is 110 Å². The number of carbonyl (C=O) groups is 2. The summed E-state index contributed by atoms with van der Waals surface area (Å²) >= 11 is 0. The molecule has 0 aliphatic carbocycles. The Balaban J connectivity index is 1.26. The van der Waals surface area contributed by atoms with Crippen molar-refractivity contribution < 1.29 is 22.8 Å². The molecule has 42 heavy (non-hydrogen) atoms. The maximum atomic E-state index is 14.1. The molecule has 2 amide bonds. The molecule has 1 aromatic heterocycles. The number of nitrogens with two attached hydrogens (primary N) is 1. The highest BCUT2D eigenvalue weighted by molar-refractivity contribution is 6.09. The Morgan fingerprint density at radius 1 is 0.976 bits per heavy atom. The number of benzene rings is 3. The lowest BCUT2D eigenvalue weighted by atomic mass is 9.83. The summed E-state index contributed by atoms with van der Waals surface area (Å²) in [5, 5.41) is 7.01. The number of aliphatic imine (C=N–C) groups is 1. The van der Waals surface area contributed by atoms with Gasteiger partial charge in [-0.1, -0.05) is 72.8 Å². The van der Waals surface area contributed by atoms with Crippen LogP contribution in [0.1, 0.15) is 51.7 Å². The Labute approximate surface area is 239 Å². The first kappa shape index (κ1) is 27.2. The zero-order valence-electron chi connectivity index (χ0n) is 22.5. The third kappa shape index (κ3) is 4.48. The van der Waals surface area contributed by atoms with Gasteiger partial charge in [0.1, 0.15) is 0 Å². The van der Waals surface area contributed by atoms with Crippen LogP contribution in [0.2, 0.25) is 0 Å². The third-order valence-corrected chi connectivity index (χ3v) is 7.58. The Kier molecular flexibility index (Phi) is 6.55. The van der Waals surface area contributed by atoms with Gasteiger partial charge in [0.2, 0.25) is 5.82 Å². The van der Waals surface area contributed by atoms with Crippen LogP contribution in [-0.2, 0) is 29.6 Å². The fraction of sp³-hybridized carbons (Fsp3) is 0.233. The molecule has 1 unspecified atom stereocenters. The van der Waals surface area contributed by atoms with Crippen molar-refractivity contribution >= 4 is 17.8 Å². The third-order valence-electron chi connectivity index (χ3n) is 7.58. The van der Waals surface area contributed by atoms with E-state index in [-0.39, 0.29) is 43.2 Å². The predicted molar refractivity (Wildman–Crippen MR) is 147 cm³/mol. The molecule has 0 saturated heterocycles. The van der Waals surface area contributed by atoms with Gasteiger partial charge in [0.15, 0.2) is 17.3 Å². The van der Waals surface area contributed by atoms with Gasteiger partial charge in [-0.25, -0.2) is 4.99 Å². The van der Waals surface area contributed by atoms with Crippen LogP contribution in [0, 0.1) is 0 Å². The number of hydrogen-bond acceptors (Lipinski definition) is 6. The van der Waals surface area contributed by atoms with Crippen LogP contribution in [0.5, 0.6) is 0 Å². The van der Waals surface area contributed by atoms with Crippen molar-refractivity contribution in [3.05, 3.63) is 119 Å². The number of rotatable bonds is 5. The first-order valence-electron chi connectivity index (χ1n) is 13.3. The normalized spacial score (nSPS) is 18.1. The van der Waals surface area contributed by atoms with Crippen molar-refractivity contribution in [2.24, 2.45) is 10.7 Å². The molecule has 3 aromatic carbocycles. The molecule has 9 nitrogen and oxygen atoms in total. The fourth-order valence-corrected chi connectivity index (χ4v) is 5.68. The quantitative estimate of drug-likeness (QED) is 0.387. The number of halogens is 3. The van der Waals surface area contributed by atoms with Crippen LogP contribution < -0.4 is 5.73 Å². The van der Waals surface area contributed by atoms with Crippen LogP contribution in [-0.4, -0.2) is 48.9 Å². The number of fused-ring (bicyclic) bond motifs is 1. The van der Waals surface area contributed by atoms with Crippen LogP contribution in [0.25, 0.3) is 0 Å². The van der Waals surface area contributed by atoms with E-state index in [9.17, 15) is 22.8 Å². The summed E-state index contributed by atoms with van der Waals surface area (Å²) in [6.45, 7) is 1.59. The summed E-state index contributed by atoms with van der Waals surface area (Å²) in [5.74, 6) is -1.65. The molecule has 0 spiro atoms. The fourth-order valence-electron chi connectivity index (χ4n) is 5.68. The summed E-state index contributed by atoms with van der Waals surface area (Å²) in [6, 6.07) is 24.5. The highest BCUT2D eigenvalue weighted by atomic mass is 19.4. The molecule has 12 heteroatoms. The van der Waals surface area contributed by atoms with Crippen molar-refractivity contribution in [3.63, 3.8) is 0 Å². The Hall–Kier alpha value is -5.00. The SMILES string of the molecule is CC1CN(C(=O)c2cccc(CN3C(=O)C(c4ccccc4)(c4ccccc4)N=C3N)c2)Cc2nnc(C(F)(F)F)n21. The van der Waals surface area contributed by atoms with Gasteiger partial charge in [-0.15, -0.1) is 10.2 Å². The van der Waals surface area contributed by atoms with Crippen molar-refractivity contribution in [1.29, 1.82) is 0 Å². The monoisotopic (exact) mass is 573 g/mol. The molecule has 3 heterocycles. The first-order valence-corrected chi connectivity index (χ1v) is 13.3. The molecule has 6 rings (SSSR count). The van der Waals surface area contributed by atoms with Crippen LogP contribution in [0.15, 0.2) is 89.9 Å². The smallest absolute Gasteiger partial charge is 0.369 e. The largest absolute Gasteiger partial charge is 0.451 e. The van der Waals surface area contributed by atoms with E-state index in [0.717, 1.165) is 4.57 Å². The number of nitrogens with zero attached hydrogens (tertiary/aromatic N) is 6. The lowest BCUT2D eigenvalue weighted by Gasteiger charge is -2.33. The molecule has 2 aliphatic rings. The van der Waals surface area contributed by atoms with E-state index in [0.29, 0.717) is 22.3 Å². The van der Waals surface area contributed by atoms with Gasteiger partial charge >= 0.3 is 6.18 Å². The molecule has 0 saturated carbocycles. The highest BCUT2D eigenvalue weighted by Crippen LogP contribution is 2.40. The summed E-state index contributed by atoms with van der Waals surface area (Å²) in [5.41, 5.74) is 7.32. The maximum absolute atomic E-state index is 14.1. The van der Waals surface area contributed by atoms with Gasteiger partial charge < -0.3 is 15.2 Å². The summed E-state index contributed by atoms with van der Waals surface area (Å²) in [7, 11) is 0. The molecule has 0 fully saturated rings. The van der Waals surface area contributed by atoms with E-state index >= 15 is 0 Å². The minimum Gasteiger partial charge on any atom is -0.369 e. The van der Waals surface area contributed by atoms with E-state index in [1.807, 2.05) is 60.7 Å². The standard InChI is InChI=1S/C30H26F3N7O2/c1-19-16-38(18-24-36-37-26(40(19)24)30(31,32)33)25(41)21-10-8-9-20(15-21)17-39-27(42)29(35-28(39)34,22-11-4-2-5-12-22)23-13-6-3-7-14-23/h2-15,19H,16-18H2,1H3,(H2,34,35). The van der Waals surface area contributed by atoms with E-state index in [1.165, 1.54) is 9.80 Å². The van der Waals surface area contributed by atoms with Crippen LogP contribution in [0.4, 0.5) is 13.2 Å². The molecule has 1 atom stereocenters. The van der Waals surface area contributed by atoms with Gasteiger partial charge in [0.05, 0.1) is 19.1 Å². The molecule has 214 valence electrons. The number of carbonyl (C=O) groups excluding carboxylic acids is 2. The van der Waals surface area contributed by atoms with E-state index in [2.05, 4.69) is 10.2 Å². The maximum Gasteiger partial charge on any atom is 0.451 e. The summed E-state index contributed by atoms with van der Waals surface area (Å²) in [4.78, 5) is 35.1.